The molecule has 4 aromatic rings. The number of nitrogens with zero attached hydrogens (tertiary/aromatic N) is 2. The first kappa shape index (κ1) is 17.3. The van der Waals surface area contributed by atoms with Gasteiger partial charge in [-0.25, -0.2) is 4.68 Å². The van der Waals surface area contributed by atoms with Crippen molar-refractivity contribution in [2.24, 2.45) is 0 Å². The van der Waals surface area contributed by atoms with Crippen molar-refractivity contribution in [3.8, 4) is 5.69 Å². The number of benzene rings is 3. The fourth-order valence-electron chi connectivity index (χ4n) is 3.45. The van der Waals surface area contributed by atoms with Crippen LogP contribution in [0.3, 0.4) is 0 Å². The Morgan fingerprint density at radius 3 is 2.71 bits per heavy atom. The molecule has 2 heterocycles. The van der Waals surface area contributed by atoms with Crippen LogP contribution in [0.15, 0.2) is 66.7 Å². The number of carbonyl (C=O) groups excluding carboxylic acids is 1. The largest absolute Gasteiger partial charge is 0.306 e. The minimum absolute atomic E-state index is 0.145. The summed E-state index contributed by atoms with van der Waals surface area (Å²) in [4.78, 5) is 13.0. The van der Waals surface area contributed by atoms with E-state index in [1.54, 1.807) is 16.4 Å². The van der Waals surface area contributed by atoms with Gasteiger partial charge >= 0.3 is 0 Å². The number of halogens is 1. The zero-order chi connectivity index (χ0) is 19.1. The summed E-state index contributed by atoms with van der Waals surface area (Å²) in [5.41, 5.74) is 3.55. The molecule has 1 aliphatic rings. The Hall–Kier alpha value is -2.76. The molecule has 0 spiro atoms. The average Bonchev–Trinajstić information content (AvgIpc) is 3.30. The van der Waals surface area contributed by atoms with Crippen LogP contribution in [0.4, 0.5) is 5.82 Å². The van der Waals surface area contributed by atoms with Crippen molar-refractivity contribution in [1.29, 1.82) is 0 Å². The van der Waals surface area contributed by atoms with E-state index in [0.29, 0.717) is 10.6 Å². The molecule has 6 heteroatoms. The number of rotatable bonds is 3. The summed E-state index contributed by atoms with van der Waals surface area (Å²) >= 11 is 7.97. The van der Waals surface area contributed by atoms with Gasteiger partial charge in [-0.1, -0.05) is 48.0 Å². The molecule has 0 atom stereocenters. The zero-order valence-corrected chi connectivity index (χ0v) is 16.4. The van der Waals surface area contributed by atoms with Gasteiger partial charge in [0.15, 0.2) is 0 Å². The lowest BCUT2D eigenvalue weighted by Crippen LogP contribution is -2.16. The first-order chi connectivity index (χ1) is 13.7. The van der Waals surface area contributed by atoms with E-state index in [0.717, 1.165) is 45.0 Å². The van der Waals surface area contributed by atoms with Crippen LogP contribution < -0.4 is 5.32 Å². The predicted molar refractivity (Wildman–Crippen MR) is 115 cm³/mol. The van der Waals surface area contributed by atoms with Crippen LogP contribution in [-0.2, 0) is 11.5 Å². The third-order valence-corrected chi connectivity index (χ3v) is 6.05. The lowest BCUT2D eigenvalue weighted by Gasteiger charge is -2.12. The lowest BCUT2D eigenvalue weighted by atomic mass is 10.1. The second-order valence-electron chi connectivity index (χ2n) is 6.67. The van der Waals surface area contributed by atoms with Crippen molar-refractivity contribution in [2.75, 3.05) is 5.32 Å². The molecular weight excluding hydrogens is 390 g/mol. The van der Waals surface area contributed by atoms with Gasteiger partial charge in [0.1, 0.15) is 5.82 Å². The van der Waals surface area contributed by atoms with Crippen LogP contribution in [0, 0.1) is 0 Å². The van der Waals surface area contributed by atoms with Crippen molar-refractivity contribution in [2.45, 2.75) is 11.5 Å². The van der Waals surface area contributed by atoms with Gasteiger partial charge in [0, 0.05) is 27.7 Å². The highest BCUT2D eigenvalue weighted by atomic mass is 35.5. The molecule has 1 aromatic heterocycles. The van der Waals surface area contributed by atoms with Gasteiger partial charge in [0.2, 0.25) is 0 Å². The van der Waals surface area contributed by atoms with E-state index in [1.807, 2.05) is 66.7 Å². The van der Waals surface area contributed by atoms with Gasteiger partial charge < -0.3 is 5.32 Å². The minimum Gasteiger partial charge on any atom is -0.306 e. The molecule has 1 aliphatic heterocycles. The Morgan fingerprint density at radius 1 is 1.00 bits per heavy atom. The van der Waals surface area contributed by atoms with Crippen molar-refractivity contribution < 1.29 is 4.79 Å². The zero-order valence-electron chi connectivity index (χ0n) is 14.9. The molecule has 1 amide bonds. The normalized spacial score (nSPS) is 12.9. The topological polar surface area (TPSA) is 46.9 Å². The van der Waals surface area contributed by atoms with Crippen LogP contribution in [-0.4, -0.2) is 15.7 Å². The van der Waals surface area contributed by atoms with Crippen LogP contribution in [0.2, 0.25) is 5.02 Å². The predicted octanol–water partition coefficient (Wildman–Crippen LogP) is 5.68. The number of fused-ring (bicyclic) bond motifs is 2. The number of carbonyl (C=O) groups is 1. The summed E-state index contributed by atoms with van der Waals surface area (Å²) in [6.45, 7) is 0. The Bertz CT molecular complexity index is 1220. The number of hydrogen-bond acceptors (Lipinski definition) is 3. The molecule has 0 unspecified atom stereocenters. The highest BCUT2D eigenvalue weighted by Crippen LogP contribution is 2.36. The Kier molecular flexibility index (Phi) is 4.34. The molecular formula is C22H16ClN3OS. The monoisotopic (exact) mass is 405 g/mol. The molecule has 3 aromatic carbocycles. The number of amides is 1. The van der Waals surface area contributed by atoms with Crippen molar-refractivity contribution in [3.05, 3.63) is 88.6 Å². The van der Waals surface area contributed by atoms with E-state index >= 15 is 0 Å². The molecule has 0 bridgehead atoms. The molecule has 28 heavy (non-hydrogen) atoms. The third kappa shape index (κ3) is 3.07. The lowest BCUT2D eigenvalue weighted by molar-refractivity contribution is 0.102. The molecule has 5 rings (SSSR count). The van der Waals surface area contributed by atoms with E-state index in [9.17, 15) is 4.79 Å². The van der Waals surface area contributed by atoms with E-state index < -0.39 is 0 Å². The van der Waals surface area contributed by atoms with Crippen LogP contribution in [0.25, 0.3) is 16.5 Å². The molecule has 0 aliphatic carbocycles. The summed E-state index contributed by atoms with van der Waals surface area (Å²) < 4.78 is 1.79. The number of nitrogens with one attached hydrogen (secondary N) is 1. The molecule has 138 valence electrons. The van der Waals surface area contributed by atoms with E-state index in [2.05, 4.69) is 5.32 Å². The Morgan fingerprint density at radius 2 is 1.86 bits per heavy atom. The number of hydrogen-bond donors (Lipinski definition) is 1. The highest BCUT2D eigenvalue weighted by molar-refractivity contribution is 7.98. The maximum absolute atomic E-state index is 13.0. The number of anilines is 1. The molecule has 4 nitrogen and oxygen atoms in total. The summed E-state index contributed by atoms with van der Waals surface area (Å²) in [5.74, 6) is 2.26. The second-order valence-corrected chi connectivity index (χ2v) is 8.10. The van der Waals surface area contributed by atoms with E-state index in [4.69, 9.17) is 16.7 Å². The van der Waals surface area contributed by atoms with Gasteiger partial charge in [-0.05, 0) is 41.1 Å². The minimum atomic E-state index is -0.145. The molecule has 0 saturated heterocycles. The molecule has 1 N–H and O–H groups in total. The summed E-state index contributed by atoms with van der Waals surface area (Å²) in [5, 5.41) is 10.6. The first-order valence-electron chi connectivity index (χ1n) is 8.94. The fraction of sp³-hybridized carbons (Fsp3) is 0.0909. The SMILES string of the molecule is O=C(Nc1c2c(nn1-c1cccc(Cl)c1)CSC2)c1ccc2ccccc2c1. The van der Waals surface area contributed by atoms with E-state index in [1.165, 1.54) is 0 Å². The van der Waals surface area contributed by atoms with Crippen molar-refractivity contribution in [3.63, 3.8) is 0 Å². The molecule has 0 saturated carbocycles. The quantitative estimate of drug-likeness (QED) is 0.477. The van der Waals surface area contributed by atoms with Gasteiger partial charge in [-0.2, -0.15) is 16.9 Å². The van der Waals surface area contributed by atoms with Gasteiger partial charge in [0.25, 0.3) is 5.91 Å². The summed E-state index contributed by atoms with van der Waals surface area (Å²) in [7, 11) is 0. The maximum Gasteiger partial charge on any atom is 0.256 e. The number of thioether (sulfide) groups is 1. The summed E-state index contributed by atoms with van der Waals surface area (Å²) in [6, 6.07) is 21.3. The van der Waals surface area contributed by atoms with Crippen molar-refractivity contribution in [1.82, 2.24) is 9.78 Å². The van der Waals surface area contributed by atoms with Gasteiger partial charge in [0.05, 0.1) is 11.4 Å². The molecule has 0 radical (unpaired) electrons. The molecule has 0 fully saturated rings. The number of aromatic nitrogens is 2. The van der Waals surface area contributed by atoms with Gasteiger partial charge in [-0.15, -0.1) is 0 Å². The van der Waals surface area contributed by atoms with Crippen LogP contribution in [0.5, 0.6) is 0 Å². The Labute approximate surface area is 171 Å². The fourth-order valence-corrected chi connectivity index (χ4v) is 4.67. The standard InChI is InChI=1S/C22H16ClN3OS/c23-17-6-3-7-18(11-17)26-21(19-12-28-13-20(19)25-26)24-22(27)16-9-8-14-4-1-2-5-15(14)10-16/h1-11H,12-13H2,(H,24,27). The first-order valence-corrected chi connectivity index (χ1v) is 10.5. The summed E-state index contributed by atoms with van der Waals surface area (Å²) in [6.07, 6.45) is 0. The average molecular weight is 406 g/mol. The van der Waals surface area contributed by atoms with Gasteiger partial charge in [-0.3, -0.25) is 4.79 Å². The van der Waals surface area contributed by atoms with Crippen LogP contribution >= 0.6 is 23.4 Å². The second kappa shape index (κ2) is 7.00. The van der Waals surface area contributed by atoms with Crippen molar-refractivity contribution >= 4 is 45.9 Å². The third-order valence-electron chi connectivity index (χ3n) is 4.85. The smallest absolute Gasteiger partial charge is 0.256 e. The van der Waals surface area contributed by atoms with Crippen LogP contribution in [0.1, 0.15) is 21.6 Å². The highest BCUT2D eigenvalue weighted by Gasteiger charge is 2.25. The maximum atomic E-state index is 13.0. The van der Waals surface area contributed by atoms with E-state index in [-0.39, 0.29) is 5.91 Å². The Balaban J connectivity index is 1.54.